The fourth-order valence-electron chi connectivity index (χ4n) is 3.06. The second kappa shape index (κ2) is 5.58. The number of nitrogens with one attached hydrogen (secondary N) is 1. The first-order valence-electron chi connectivity index (χ1n) is 7.28. The molecule has 1 aromatic carbocycles. The fourth-order valence-corrected chi connectivity index (χ4v) is 4.31. The van der Waals surface area contributed by atoms with Crippen molar-refractivity contribution in [2.75, 3.05) is 0 Å². The van der Waals surface area contributed by atoms with Crippen molar-refractivity contribution in [3.8, 4) is 0 Å². The monoisotopic (exact) mass is 274 g/mol. The zero-order valence-corrected chi connectivity index (χ0v) is 12.5. The fraction of sp³-hybridized carbons (Fsp3) is 0.562. The molecule has 1 fully saturated rings. The number of aliphatic imine (C=N–C) groups is 1. The SMILES string of the molecule is CC1CC(C)SC(=NC2CCc3ccccc3C2)N1. The van der Waals surface area contributed by atoms with Crippen molar-refractivity contribution in [1.29, 1.82) is 0 Å². The molecule has 0 aromatic heterocycles. The maximum atomic E-state index is 4.96. The second-order valence-electron chi connectivity index (χ2n) is 5.81. The summed E-state index contributed by atoms with van der Waals surface area (Å²) in [6, 6.07) is 9.83. The molecule has 0 amide bonds. The quantitative estimate of drug-likeness (QED) is 0.849. The predicted octanol–water partition coefficient (Wildman–Crippen LogP) is 3.40. The van der Waals surface area contributed by atoms with Crippen LogP contribution in [0.4, 0.5) is 0 Å². The predicted molar refractivity (Wildman–Crippen MR) is 84.0 cm³/mol. The van der Waals surface area contributed by atoms with Gasteiger partial charge in [0.05, 0.1) is 6.04 Å². The highest BCUT2D eigenvalue weighted by atomic mass is 32.2. The summed E-state index contributed by atoms with van der Waals surface area (Å²) in [6.07, 6.45) is 4.70. The molecule has 2 nitrogen and oxygen atoms in total. The van der Waals surface area contributed by atoms with Gasteiger partial charge in [-0.15, -0.1) is 0 Å². The van der Waals surface area contributed by atoms with Gasteiger partial charge in [-0.3, -0.25) is 4.99 Å². The standard InChI is InChI=1S/C16H22N2S/c1-11-9-12(2)19-16(17-11)18-15-8-7-13-5-3-4-6-14(13)10-15/h3-6,11-12,15H,7-10H2,1-2H3,(H,17,18). The Morgan fingerprint density at radius 2 is 2.00 bits per heavy atom. The molecular formula is C16H22N2S. The lowest BCUT2D eigenvalue weighted by Gasteiger charge is -2.29. The molecule has 1 aliphatic heterocycles. The van der Waals surface area contributed by atoms with Crippen LogP contribution in [0.5, 0.6) is 0 Å². The second-order valence-corrected chi connectivity index (χ2v) is 7.24. The van der Waals surface area contributed by atoms with Crippen molar-refractivity contribution in [3.63, 3.8) is 0 Å². The van der Waals surface area contributed by atoms with Gasteiger partial charge in [0.1, 0.15) is 0 Å². The van der Waals surface area contributed by atoms with Crippen LogP contribution in [0.25, 0.3) is 0 Å². The van der Waals surface area contributed by atoms with E-state index in [1.165, 1.54) is 30.4 Å². The molecule has 3 unspecified atom stereocenters. The third-order valence-corrected chi connectivity index (χ3v) is 5.03. The van der Waals surface area contributed by atoms with Crippen LogP contribution in [0.2, 0.25) is 0 Å². The Morgan fingerprint density at radius 3 is 2.79 bits per heavy atom. The number of amidine groups is 1. The minimum absolute atomic E-state index is 0.461. The van der Waals surface area contributed by atoms with Gasteiger partial charge in [0.2, 0.25) is 0 Å². The first-order valence-corrected chi connectivity index (χ1v) is 8.16. The van der Waals surface area contributed by atoms with Crippen LogP contribution >= 0.6 is 11.8 Å². The Labute approximate surface area is 120 Å². The van der Waals surface area contributed by atoms with Gasteiger partial charge < -0.3 is 5.32 Å². The summed E-state index contributed by atoms with van der Waals surface area (Å²) in [5.74, 6) is 0. The van der Waals surface area contributed by atoms with Crippen molar-refractivity contribution in [1.82, 2.24) is 5.32 Å². The van der Waals surface area contributed by atoms with Crippen molar-refractivity contribution in [3.05, 3.63) is 35.4 Å². The number of nitrogens with zero attached hydrogens (tertiary/aromatic N) is 1. The van der Waals surface area contributed by atoms with Crippen LogP contribution in [0.1, 0.15) is 37.8 Å². The third kappa shape index (κ3) is 3.14. The minimum Gasteiger partial charge on any atom is -0.362 e. The maximum Gasteiger partial charge on any atom is 0.157 e. The molecule has 3 heteroatoms. The summed E-state index contributed by atoms with van der Waals surface area (Å²) in [6.45, 7) is 4.55. The molecule has 102 valence electrons. The molecule has 0 radical (unpaired) electrons. The van der Waals surface area contributed by atoms with Crippen molar-refractivity contribution in [2.24, 2.45) is 4.99 Å². The summed E-state index contributed by atoms with van der Waals surface area (Å²) in [5, 5.41) is 5.38. The Bertz CT molecular complexity index is 471. The Hall–Kier alpha value is -0.960. The summed E-state index contributed by atoms with van der Waals surface area (Å²) < 4.78 is 0. The molecule has 0 bridgehead atoms. The van der Waals surface area contributed by atoms with Crippen molar-refractivity contribution >= 4 is 16.9 Å². The van der Waals surface area contributed by atoms with Gasteiger partial charge in [-0.25, -0.2) is 0 Å². The van der Waals surface area contributed by atoms with Gasteiger partial charge in [-0.1, -0.05) is 43.0 Å². The van der Waals surface area contributed by atoms with Crippen LogP contribution < -0.4 is 5.32 Å². The minimum atomic E-state index is 0.461. The molecule has 1 aliphatic carbocycles. The molecule has 19 heavy (non-hydrogen) atoms. The largest absolute Gasteiger partial charge is 0.362 e. The number of thioether (sulfide) groups is 1. The Kier molecular flexibility index (Phi) is 3.83. The molecule has 3 atom stereocenters. The van der Waals surface area contributed by atoms with E-state index in [4.69, 9.17) is 4.99 Å². The third-order valence-electron chi connectivity index (χ3n) is 3.99. The molecular weight excluding hydrogens is 252 g/mol. The lowest BCUT2D eigenvalue weighted by Crippen LogP contribution is -2.39. The molecule has 2 aliphatic rings. The maximum absolute atomic E-state index is 4.96. The first kappa shape index (κ1) is 13.0. The molecule has 1 heterocycles. The average molecular weight is 274 g/mol. The van der Waals surface area contributed by atoms with Crippen molar-refractivity contribution < 1.29 is 0 Å². The van der Waals surface area contributed by atoms with Crippen LogP contribution in [0, 0.1) is 0 Å². The summed E-state index contributed by atoms with van der Waals surface area (Å²) >= 11 is 1.90. The topological polar surface area (TPSA) is 24.4 Å². The number of hydrogen-bond donors (Lipinski definition) is 1. The highest BCUT2D eigenvalue weighted by molar-refractivity contribution is 8.14. The van der Waals surface area contributed by atoms with E-state index in [-0.39, 0.29) is 0 Å². The Balaban J connectivity index is 1.71. The molecule has 1 N–H and O–H groups in total. The molecule has 0 spiro atoms. The van der Waals surface area contributed by atoms with Gasteiger partial charge in [-0.05, 0) is 43.7 Å². The van der Waals surface area contributed by atoms with E-state index in [1.54, 1.807) is 0 Å². The lowest BCUT2D eigenvalue weighted by atomic mass is 9.89. The summed E-state index contributed by atoms with van der Waals surface area (Å²) in [4.78, 5) is 4.96. The number of hydrogen-bond acceptors (Lipinski definition) is 2. The zero-order chi connectivity index (χ0) is 13.2. The number of benzene rings is 1. The van der Waals surface area contributed by atoms with E-state index in [0.29, 0.717) is 17.3 Å². The van der Waals surface area contributed by atoms with Crippen molar-refractivity contribution in [2.45, 2.75) is 56.9 Å². The summed E-state index contributed by atoms with van der Waals surface area (Å²) in [7, 11) is 0. The van der Waals surface area contributed by atoms with Gasteiger partial charge in [-0.2, -0.15) is 0 Å². The van der Waals surface area contributed by atoms with Crippen LogP contribution in [-0.4, -0.2) is 22.5 Å². The van der Waals surface area contributed by atoms with Crippen LogP contribution in [0.15, 0.2) is 29.3 Å². The highest BCUT2D eigenvalue weighted by Gasteiger charge is 2.23. The van der Waals surface area contributed by atoms with Gasteiger partial charge in [0.25, 0.3) is 0 Å². The number of fused-ring (bicyclic) bond motifs is 1. The van der Waals surface area contributed by atoms with Gasteiger partial charge in [0.15, 0.2) is 5.17 Å². The Morgan fingerprint density at radius 1 is 1.21 bits per heavy atom. The summed E-state index contributed by atoms with van der Waals surface area (Å²) in [5.41, 5.74) is 3.01. The number of rotatable bonds is 1. The van der Waals surface area contributed by atoms with E-state index < -0.39 is 0 Å². The van der Waals surface area contributed by atoms with E-state index in [9.17, 15) is 0 Å². The molecule has 1 saturated heterocycles. The average Bonchev–Trinajstić information content (AvgIpc) is 2.37. The van der Waals surface area contributed by atoms with E-state index in [0.717, 1.165) is 11.6 Å². The smallest absolute Gasteiger partial charge is 0.157 e. The van der Waals surface area contributed by atoms with Gasteiger partial charge >= 0.3 is 0 Å². The van der Waals surface area contributed by atoms with E-state index >= 15 is 0 Å². The lowest BCUT2D eigenvalue weighted by molar-refractivity contribution is 0.563. The highest BCUT2D eigenvalue weighted by Crippen LogP contribution is 2.26. The van der Waals surface area contributed by atoms with E-state index in [1.807, 2.05) is 11.8 Å². The molecule has 3 rings (SSSR count). The molecule has 1 aromatic rings. The normalized spacial score (nSPS) is 32.7. The van der Waals surface area contributed by atoms with Crippen LogP contribution in [-0.2, 0) is 12.8 Å². The zero-order valence-electron chi connectivity index (χ0n) is 11.7. The first-order chi connectivity index (χ1) is 9.20. The number of aryl methyl sites for hydroxylation is 1. The molecule has 0 saturated carbocycles. The van der Waals surface area contributed by atoms with E-state index in [2.05, 4.69) is 43.4 Å². The van der Waals surface area contributed by atoms with Gasteiger partial charge in [0, 0.05) is 11.3 Å². The van der Waals surface area contributed by atoms with Crippen LogP contribution in [0.3, 0.4) is 0 Å².